The first-order valence-electron chi connectivity index (χ1n) is 6.39. The summed E-state index contributed by atoms with van der Waals surface area (Å²) >= 11 is 9.38. The average molecular weight is 356 g/mol. The van der Waals surface area contributed by atoms with Crippen molar-refractivity contribution in [3.8, 4) is 5.75 Å². The summed E-state index contributed by atoms with van der Waals surface area (Å²) in [7, 11) is 0. The van der Waals surface area contributed by atoms with Crippen molar-refractivity contribution in [1.82, 2.24) is 0 Å². The van der Waals surface area contributed by atoms with Crippen molar-refractivity contribution in [3.63, 3.8) is 0 Å². The maximum absolute atomic E-state index is 10.6. The molecule has 1 atom stereocenters. The van der Waals surface area contributed by atoms with E-state index in [1.54, 1.807) is 12.1 Å². The minimum absolute atomic E-state index is 0.560. The molecule has 2 rings (SSSR count). The lowest BCUT2D eigenvalue weighted by Gasteiger charge is -2.18. The summed E-state index contributed by atoms with van der Waals surface area (Å²) in [6, 6.07) is 11.2. The minimum atomic E-state index is -0.761. The molecule has 1 unspecified atom stereocenters. The van der Waals surface area contributed by atoms with E-state index in [0.717, 1.165) is 21.2 Å². The minimum Gasteiger partial charge on any atom is -0.493 e. The van der Waals surface area contributed by atoms with Gasteiger partial charge in [-0.05, 0) is 43.7 Å². The van der Waals surface area contributed by atoms with Crippen LogP contribution in [0.3, 0.4) is 0 Å². The topological polar surface area (TPSA) is 29.5 Å². The zero-order valence-corrected chi connectivity index (χ0v) is 13.7. The third-order valence-corrected chi connectivity index (χ3v) is 3.94. The Morgan fingerprint density at radius 2 is 1.95 bits per heavy atom. The van der Waals surface area contributed by atoms with Gasteiger partial charge in [-0.2, -0.15) is 0 Å². The van der Waals surface area contributed by atoms with Gasteiger partial charge in [-0.25, -0.2) is 0 Å². The number of aryl methyl sites for hydroxylation is 1. The summed E-state index contributed by atoms with van der Waals surface area (Å²) < 4.78 is 6.38. The first-order chi connectivity index (χ1) is 9.52. The lowest BCUT2D eigenvalue weighted by molar-refractivity contribution is 0.211. The van der Waals surface area contributed by atoms with Gasteiger partial charge in [-0.15, -0.1) is 0 Å². The number of aliphatic hydroxyl groups is 1. The third kappa shape index (κ3) is 3.35. The Bertz CT molecular complexity index is 613. The molecule has 0 saturated carbocycles. The molecule has 0 heterocycles. The van der Waals surface area contributed by atoms with E-state index in [1.165, 1.54) is 0 Å². The SMILES string of the molecule is CCOc1ccc(C)cc1C(O)c1ccc(Cl)cc1Br. The molecular formula is C16H16BrClO2. The van der Waals surface area contributed by atoms with Crippen molar-refractivity contribution in [2.45, 2.75) is 20.0 Å². The van der Waals surface area contributed by atoms with Gasteiger partial charge < -0.3 is 9.84 Å². The van der Waals surface area contributed by atoms with E-state index in [-0.39, 0.29) is 0 Å². The van der Waals surface area contributed by atoms with Crippen molar-refractivity contribution >= 4 is 27.5 Å². The Balaban J connectivity index is 2.46. The van der Waals surface area contributed by atoms with Gasteiger partial charge in [0.15, 0.2) is 0 Å². The van der Waals surface area contributed by atoms with Crippen molar-refractivity contribution < 1.29 is 9.84 Å². The van der Waals surface area contributed by atoms with E-state index < -0.39 is 6.10 Å². The second-order valence-corrected chi connectivity index (χ2v) is 5.83. The zero-order chi connectivity index (χ0) is 14.7. The number of aliphatic hydroxyl groups excluding tert-OH is 1. The van der Waals surface area contributed by atoms with Crippen molar-refractivity contribution in [2.75, 3.05) is 6.61 Å². The fourth-order valence-corrected chi connectivity index (χ4v) is 2.96. The van der Waals surface area contributed by atoms with E-state index in [1.807, 2.05) is 38.1 Å². The maximum atomic E-state index is 10.6. The van der Waals surface area contributed by atoms with Crippen LogP contribution in [0.4, 0.5) is 0 Å². The van der Waals surface area contributed by atoms with Crippen LogP contribution in [0.25, 0.3) is 0 Å². The number of benzene rings is 2. The van der Waals surface area contributed by atoms with Crippen LogP contribution in [-0.4, -0.2) is 11.7 Å². The molecule has 20 heavy (non-hydrogen) atoms. The Morgan fingerprint density at radius 1 is 1.20 bits per heavy atom. The monoisotopic (exact) mass is 354 g/mol. The molecule has 0 bridgehead atoms. The second kappa shape index (κ2) is 6.61. The number of rotatable bonds is 4. The summed E-state index contributed by atoms with van der Waals surface area (Å²) in [5, 5.41) is 11.3. The Labute approximate surface area is 132 Å². The van der Waals surface area contributed by atoms with Gasteiger partial charge in [0.2, 0.25) is 0 Å². The lowest BCUT2D eigenvalue weighted by atomic mass is 9.99. The predicted octanol–water partition coefficient (Wildman–Crippen LogP) is 4.89. The molecule has 0 aromatic heterocycles. The Hall–Kier alpha value is -1.03. The molecule has 106 valence electrons. The van der Waals surface area contributed by atoms with E-state index in [0.29, 0.717) is 17.4 Å². The number of hydrogen-bond donors (Lipinski definition) is 1. The highest BCUT2D eigenvalue weighted by molar-refractivity contribution is 9.10. The summed E-state index contributed by atoms with van der Waals surface area (Å²) in [6.07, 6.45) is -0.761. The predicted molar refractivity (Wildman–Crippen MR) is 85.6 cm³/mol. The number of halogens is 2. The zero-order valence-electron chi connectivity index (χ0n) is 11.4. The summed E-state index contributed by atoms with van der Waals surface area (Å²) in [5.41, 5.74) is 2.60. The molecule has 0 aliphatic rings. The van der Waals surface area contributed by atoms with Gasteiger partial charge in [0.25, 0.3) is 0 Å². The quantitative estimate of drug-likeness (QED) is 0.846. The van der Waals surface area contributed by atoms with Gasteiger partial charge in [-0.3, -0.25) is 0 Å². The average Bonchev–Trinajstić information content (AvgIpc) is 2.40. The molecule has 0 amide bonds. The molecule has 2 aromatic rings. The van der Waals surface area contributed by atoms with E-state index in [2.05, 4.69) is 15.9 Å². The van der Waals surface area contributed by atoms with E-state index in [9.17, 15) is 5.11 Å². The first kappa shape index (κ1) is 15.4. The molecule has 2 nitrogen and oxygen atoms in total. The fourth-order valence-electron chi connectivity index (χ4n) is 2.06. The standard InChI is InChI=1S/C16H16BrClO2/c1-3-20-15-7-4-10(2)8-13(15)16(19)12-6-5-11(18)9-14(12)17/h4-9,16,19H,3H2,1-2H3. The van der Waals surface area contributed by atoms with Gasteiger partial charge >= 0.3 is 0 Å². The highest BCUT2D eigenvalue weighted by atomic mass is 79.9. The smallest absolute Gasteiger partial charge is 0.125 e. The van der Waals surface area contributed by atoms with Gasteiger partial charge in [0.1, 0.15) is 11.9 Å². The molecule has 0 saturated heterocycles. The molecule has 0 spiro atoms. The molecule has 0 aliphatic heterocycles. The van der Waals surface area contributed by atoms with Gasteiger partial charge in [0, 0.05) is 15.1 Å². The van der Waals surface area contributed by atoms with Crippen LogP contribution >= 0.6 is 27.5 Å². The highest BCUT2D eigenvalue weighted by Gasteiger charge is 2.18. The molecule has 0 fully saturated rings. The van der Waals surface area contributed by atoms with Crippen LogP contribution in [0.15, 0.2) is 40.9 Å². The maximum Gasteiger partial charge on any atom is 0.125 e. The van der Waals surface area contributed by atoms with Crippen LogP contribution in [-0.2, 0) is 0 Å². The fraction of sp³-hybridized carbons (Fsp3) is 0.250. The molecule has 0 aliphatic carbocycles. The Kier molecular flexibility index (Phi) is 5.08. The normalized spacial score (nSPS) is 12.2. The van der Waals surface area contributed by atoms with Crippen molar-refractivity contribution in [1.29, 1.82) is 0 Å². The van der Waals surface area contributed by atoms with Crippen LogP contribution in [0, 0.1) is 6.92 Å². The summed E-state index contributed by atoms with van der Waals surface area (Å²) in [5.74, 6) is 0.701. The van der Waals surface area contributed by atoms with Crippen molar-refractivity contribution in [2.24, 2.45) is 0 Å². The van der Waals surface area contributed by atoms with Crippen LogP contribution in [0.2, 0.25) is 5.02 Å². The largest absolute Gasteiger partial charge is 0.493 e. The third-order valence-electron chi connectivity index (χ3n) is 3.02. The molecular weight excluding hydrogens is 340 g/mol. The van der Waals surface area contributed by atoms with Gasteiger partial charge in [0.05, 0.1) is 6.61 Å². The number of hydrogen-bond acceptors (Lipinski definition) is 2. The van der Waals surface area contributed by atoms with Crippen LogP contribution < -0.4 is 4.74 Å². The van der Waals surface area contributed by atoms with Gasteiger partial charge in [-0.1, -0.05) is 45.2 Å². The van der Waals surface area contributed by atoms with E-state index >= 15 is 0 Å². The molecule has 2 aromatic carbocycles. The molecule has 4 heteroatoms. The number of ether oxygens (including phenoxy) is 1. The second-order valence-electron chi connectivity index (χ2n) is 4.54. The van der Waals surface area contributed by atoms with E-state index in [4.69, 9.17) is 16.3 Å². The Morgan fingerprint density at radius 3 is 2.60 bits per heavy atom. The highest BCUT2D eigenvalue weighted by Crippen LogP contribution is 2.35. The summed E-state index contributed by atoms with van der Waals surface area (Å²) in [6.45, 7) is 4.47. The lowest BCUT2D eigenvalue weighted by Crippen LogP contribution is -2.05. The summed E-state index contributed by atoms with van der Waals surface area (Å²) in [4.78, 5) is 0. The molecule has 1 N–H and O–H groups in total. The van der Waals surface area contributed by atoms with Crippen LogP contribution in [0.1, 0.15) is 29.7 Å². The molecule has 0 radical (unpaired) electrons. The first-order valence-corrected chi connectivity index (χ1v) is 7.56. The van der Waals surface area contributed by atoms with Crippen LogP contribution in [0.5, 0.6) is 5.75 Å². The van der Waals surface area contributed by atoms with Crippen molar-refractivity contribution in [3.05, 3.63) is 62.6 Å².